The number of hydrogen-bond acceptors (Lipinski definition) is 16. The number of imidazole rings is 1. The summed E-state index contributed by atoms with van der Waals surface area (Å²) in [7, 11) is -18.3. The molecule has 3 heterocycles. The van der Waals surface area contributed by atoms with Crippen molar-refractivity contribution in [1.82, 2.24) is 19.5 Å². The predicted octanol–water partition coefficient (Wildman–Crippen LogP) is -15.0. The molecular weight excluding hydrogens is 610 g/mol. The Hall–Kier alpha value is 2.17. The summed E-state index contributed by atoms with van der Waals surface area (Å²) >= 11 is 0. The second-order valence-electron chi connectivity index (χ2n) is 6.34. The Balaban J connectivity index is 0. The number of aromatic nitrogens is 4. The summed E-state index contributed by atoms with van der Waals surface area (Å²) in [4.78, 5) is 54.4. The average molecular weight is 621 g/mol. The average Bonchev–Trinajstić information content (AvgIpc) is 3.18. The van der Waals surface area contributed by atoms with Crippen molar-refractivity contribution < 1.29 is 179 Å². The number of fused-ring (bicyclic) bond motifs is 1. The number of hydrogen-bond donors (Lipinski definition) is 2. The number of nitrogen functional groups attached to an aromatic ring is 1. The molecule has 1 fully saturated rings. The number of phosphoric acid groups is 3. The molecule has 0 saturated carbocycles. The second kappa shape index (κ2) is 15.6. The third-order valence-corrected chi connectivity index (χ3v) is 7.77. The normalized spacial score (nSPS) is 24.2. The predicted molar refractivity (Wildman–Crippen MR) is 92.9 cm³/mol. The fraction of sp³-hybridized carbons (Fsp3) is 0.417. The van der Waals surface area contributed by atoms with Gasteiger partial charge in [0.25, 0.3) is 15.6 Å². The zero-order valence-electron chi connectivity index (χ0n) is 19.7. The van der Waals surface area contributed by atoms with Gasteiger partial charge in [-0.1, -0.05) is 5.92 Å². The number of nitrogens with zero attached hydrogens (tertiary/aromatic N) is 4. The van der Waals surface area contributed by atoms with Crippen LogP contribution in [0.25, 0.3) is 11.2 Å². The van der Waals surface area contributed by atoms with Crippen molar-refractivity contribution in [2.75, 3.05) is 12.3 Å². The fourth-order valence-electron chi connectivity index (χ4n) is 2.80. The van der Waals surface area contributed by atoms with Gasteiger partial charge >= 0.3 is 124 Å². The molecule has 2 aromatic rings. The van der Waals surface area contributed by atoms with E-state index in [1.165, 1.54) is 0 Å². The van der Waals surface area contributed by atoms with Gasteiger partial charge in [0.2, 0.25) is 0 Å². The van der Waals surface area contributed by atoms with Gasteiger partial charge in [0.15, 0.2) is 22.6 Å². The van der Waals surface area contributed by atoms with E-state index >= 15 is 0 Å². The minimum Gasteiger partial charge on any atom is -0.790 e. The Morgan fingerprint density at radius 1 is 1.19 bits per heavy atom. The zero-order valence-corrected chi connectivity index (χ0v) is 30.4. The van der Waals surface area contributed by atoms with Crippen LogP contribution in [0.2, 0.25) is 0 Å². The minimum atomic E-state index is -6.20. The van der Waals surface area contributed by atoms with Crippen LogP contribution in [0.15, 0.2) is 6.33 Å². The summed E-state index contributed by atoms with van der Waals surface area (Å²) in [6.45, 7) is -1.23. The van der Waals surface area contributed by atoms with E-state index in [-0.39, 0.29) is 142 Å². The number of terminal acetylenes is 1. The van der Waals surface area contributed by atoms with E-state index in [9.17, 15) is 42.8 Å². The van der Waals surface area contributed by atoms with Gasteiger partial charge in [-0.2, -0.15) is 14.4 Å². The van der Waals surface area contributed by atoms with E-state index in [0.29, 0.717) is 0 Å². The molecule has 0 aliphatic carbocycles. The fourth-order valence-corrected chi connectivity index (χ4v) is 5.69. The van der Waals surface area contributed by atoms with Gasteiger partial charge in [0.1, 0.15) is 12.3 Å². The first-order valence-electron chi connectivity index (χ1n) is 8.27. The summed E-state index contributed by atoms with van der Waals surface area (Å²) in [6, 6.07) is 0. The minimum absolute atomic E-state index is 0. The number of aliphatic hydroxyl groups excluding tert-OH is 1. The van der Waals surface area contributed by atoms with Crippen molar-refractivity contribution in [3.8, 4) is 12.3 Å². The molecule has 1 aliphatic rings. The van der Waals surface area contributed by atoms with Gasteiger partial charge in [-0.25, -0.2) is 9.29 Å². The molecule has 0 amide bonds. The molecule has 5 atom stereocenters. The van der Waals surface area contributed by atoms with Gasteiger partial charge in [-0.3, -0.25) is 18.0 Å². The van der Waals surface area contributed by atoms with Gasteiger partial charge in [-0.05, 0) is 0 Å². The van der Waals surface area contributed by atoms with Gasteiger partial charge < -0.3 is 44.2 Å². The molecule has 0 aromatic carbocycles. The maximum atomic E-state index is 13.5. The third-order valence-electron chi connectivity index (χ3n) is 4.12. The number of aliphatic hydroxyl groups is 1. The van der Waals surface area contributed by atoms with Crippen LogP contribution in [0.4, 0.5) is 10.2 Å². The molecule has 0 spiro atoms. The standard InChI is InChI=1S/C12H15FN5O12P3.4Na/c1-2-12(4-27-32(23,24)30-33(25,26)29-31(20,21)22)6(19)3-7(28-12)18-5-15-8-9(14)16-11(13)17-10(8)18;;;;/h1,5-7,19H,3-4H2,(H,23,24)(H,25,26)(H2,14,16,17)(H2,20,21,22);;;;/q;4*+1/p-4/t6-,7+,12+;;;;/m0..../s1. The number of ether oxygens (including phenoxy) is 1. The summed E-state index contributed by atoms with van der Waals surface area (Å²) in [5.74, 6) is 1.67. The van der Waals surface area contributed by atoms with Crippen LogP contribution >= 0.6 is 23.5 Å². The monoisotopic (exact) mass is 621 g/mol. The first kappa shape index (κ1) is 41.3. The van der Waals surface area contributed by atoms with E-state index in [4.69, 9.17) is 16.9 Å². The van der Waals surface area contributed by atoms with Crippen molar-refractivity contribution >= 4 is 40.4 Å². The second-order valence-corrected chi connectivity index (χ2v) is 10.6. The third kappa shape index (κ3) is 10.7. The van der Waals surface area contributed by atoms with Gasteiger partial charge in [0, 0.05) is 6.42 Å². The van der Waals surface area contributed by atoms with Crippen LogP contribution in [0.5, 0.6) is 0 Å². The molecule has 25 heteroatoms. The van der Waals surface area contributed by atoms with Crippen molar-refractivity contribution in [2.24, 2.45) is 0 Å². The molecule has 1 aliphatic heterocycles. The summed E-state index contributed by atoms with van der Waals surface area (Å²) < 4.78 is 64.3. The maximum Gasteiger partial charge on any atom is 1.00 e. The van der Waals surface area contributed by atoms with Crippen molar-refractivity contribution in [3.63, 3.8) is 0 Å². The van der Waals surface area contributed by atoms with Crippen LogP contribution < -0.4 is 144 Å². The van der Waals surface area contributed by atoms with Crippen molar-refractivity contribution in [1.29, 1.82) is 0 Å². The van der Waals surface area contributed by atoms with Crippen LogP contribution in [0, 0.1) is 18.4 Å². The van der Waals surface area contributed by atoms with Crippen LogP contribution in [0.3, 0.4) is 0 Å². The van der Waals surface area contributed by atoms with E-state index < -0.39 is 54.1 Å². The number of nitrogens with two attached hydrogens (primary N) is 1. The quantitative estimate of drug-likeness (QED) is 0.120. The number of phosphoric ester groups is 1. The number of halogens is 1. The van der Waals surface area contributed by atoms with Gasteiger partial charge in [-0.15, -0.1) is 6.42 Å². The molecule has 3 N–H and O–H groups in total. The first-order valence-corrected chi connectivity index (χ1v) is 12.7. The Morgan fingerprint density at radius 2 is 1.78 bits per heavy atom. The largest absolute Gasteiger partial charge is 1.00 e. The van der Waals surface area contributed by atoms with E-state index in [1.807, 2.05) is 5.92 Å². The zero-order chi connectivity index (χ0) is 24.8. The summed E-state index contributed by atoms with van der Waals surface area (Å²) in [6.07, 6.45) is 2.09. The number of rotatable bonds is 8. The molecule has 2 unspecified atom stereocenters. The molecule has 2 aromatic heterocycles. The Kier molecular flexibility index (Phi) is 17.4. The SMILES string of the molecule is C#C[C@]1(COP(=O)([O-])OP(=O)([O-])OP(=O)([O-])[O-])O[C@@H](n2cnc3c(N)nc(F)nc32)C[C@@H]1O.[Na+].[Na+].[Na+].[Na+]. The summed E-state index contributed by atoms with van der Waals surface area (Å²) in [5, 5.41) is 10.4. The molecule has 1 saturated heterocycles. The van der Waals surface area contributed by atoms with Crippen molar-refractivity contribution in [2.45, 2.75) is 24.4 Å². The molecule has 182 valence electrons. The van der Waals surface area contributed by atoms with Crippen LogP contribution in [-0.2, 0) is 31.6 Å². The molecule has 0 bridgehead atoms. The number of anilines is 1. The topological polar surface area (TPSA) is 270 Å². The van der Waals surface area contributed by atoms with E-state index in [2.05, 4.69) is 28.1 Å². The molecule has 0 radical (unpaired) electrons. The van der Waals surface area contributed by atoms with Gasteiger partial charge in [0.05, 0.1) is 20.8 Å². The van der Waals surface area contributed by atoms with Crippen LogP contribution in [-0.4, -0.2) is 42.9 Å². The molecule has 17 nitrogen and oxygen atoms in total. The Labute approximate surface area is 296 Å². The molecular formula is C12H11FN5Na4O12P3. The van der Waals surface area contributed by atoms with E-state index in [1.54, 1.807) is 0 Å². The molecule has 37 heavy (non-hydrogen) atoms. The Morgan fingerprint density at radius 3 is 2.32 bits per heavy atom. The maximum absolute atomic E-state index is 13.5. The smallest absolute Gasteiger partial charge is 0.790 e. The molecule has 3 rings (SSSR count). The van der Waals surface area contributed by atoms with Crippen LogP contribution in [0.1, 0.15) is 12.6 Å². The van der Waals surface area contributed by atoms with E-state index in [0.717, 1.165) is 10.9 Å². The van der Waals surface area contributed by atoms with Crippen molar-refractivity contribution in [3.05, 3.63) is 12.4 Å². The Bertz CT molecular complexity index is 1280. The first-order chi connectivity index (χ1) is 15.1. The summed E-state index contributed by atoms with van der Waals surface area (Å²) in [5.41, 5.74) is 3.18.